The number of nitro benzene ring substituents is 1. The quantitative estimate of drug-likeness (QED) is 0.221. The molecule has 0 spiro atoms. The molecule has 0 saturated heterocycles. The molecule has 182 valence electrons. The van der Waals surface area contributed by atoms with Gasteiger partial charge in [-0.05, 0) is 60.7 Å². The molecule has 0 saturated carbocycles. The summed E-state index contributed by atoms with van der Waals surface area (Å²) < 4.78 is 5.24. The van der Waals surface area contributed by atoms with E-state index in [9.17, 15) is 14.9 Å². The molecule has 0 atom stereocenters. The second-order valence-electron chi connectivity index (χ2n) is 7.98. The predicted molar refractivity (Wildman–Crippen MR) is 140 cm³/mol. The van der Waals surface area contributed by atoms with Gasteiger partial charge in [-0.25, -0.2) is 9.97 Å². The standard InChI is InChI=1S/C27H20N6O4/c1-37-22-10-7-19(8-11-22)29-26-23-15-20(30-27(34)17-4-2-6-21(14-17)33(35)36)9-12-24(23)31-25(32-26)18-5-3-13-28-16-18/h2-16H,1H3,(H,30,34)(H,29,31,32). The minimum atomic E-state index is -0.541. The number of nitro groups is 1. The van der Waals surface area contributed by atoms with Crippen molar-refractivity contribution >= 4 is 39.7 Å². The summed E-state index contributed by atoms with van der Waals surface area (Å²) in [5.41, 5.74) is 2.69. The summed E-state index contributed by atoms with van der Waals surface area (Å²) in [6, 6.07) is 21.9. The van der Waals surface area contributed by atoms with Crippen LogP contribution in [0.4, 0.5) is 22.9 Å². The molecule has 1 amide bonds. The highest BCUT2D eigenvalue weighted by molar-refractivity contribution is 6.06. The highest BCUT2D eigenvalue weighted by atomic mass is 16.6. The van der Waals surface area contributed by atoms with Gasteiger partial charge in [-0.3, -0.25) is 19.9 Å². The Morgan fingerprint density at radius 1 is 0.946 bits per heavy atom. The first-order valence-electron chi connectivity index (χ1n) is 11.2. The van der Waals surface area contributed by atoms with E-state index in [0.29, 0.717) is 28.2 Å². The van der Waals surface area contributed by atoms with E-state index < -0.39 is 10.8 Å². The number of rotatable bonds is 7. The Morgan fingerprint density at radius 3 is 2.49 bits per heavy atom. The number of hydrogen-bond donors (Lipinski definition) is 2. The molecule has 0 bridgehead atoms. The van der Waals surface area contributed by atoms with Crippen LogP contribution in [0.2, 0.25) is 0 Å². The summed E-state index contributed by atoms with van der Waals surface area (Å²) in [5, 5.41) is 17.9. The van der Waals surface area contributed by atoms with Crippen molar-refractivity contribution in [1.82, 2.24) is 15.0 Å². The van der Waals surface area contributed by atoms with Crippen molar-refractivity contribution < 1.29 is 14.5 Å². The van der Waals surface area contributed by atoms with E-state index in [0.717, 1.165) is 17.0 Å². The van der Waals surface area contributed by atoms with Crippen molar-refractivity contribution in [2.45, 2.75) is 0 Å². The van der Waals surface area contributed by atoms with Gasteiger partial charge < -0.3 is 15.4 Å². The zero-order valence-electron chi connectivity index (χ0n) is 19.6. The smallest absolute Gasteiger partial charge is 0.270 e. The SMILES string of the molecule is COc1ccc(Nc2nc(-c3cccnc3)nc3ccc(NC(=O)c4cccc([N+](=O)[O-])c4)cc23)cc1. The van der Waals surface area contributed by atoms with E-state index in [4.69, 9.17) is 9.72 Å². The van der Waals surface area contributed by atoms with Crippen LogP contribution >= 0.6 is 0 Å². The van der Waals surface area contributed by atoms with Crippen LogP contribution in [0.5, 0.6) is 5.75 Å². The second-order valence-corrected chi connectivity index (χ2v) is 7.98. The second kappa shape index (κ2) is 10.1. The third-order valence-electron chi connectivity index (χ3n) is 5.55. The Morgan fingerprint density at radius 2 is 1.76 bits per heavy atom. The van der Waals surface area contributed by atoms with Crippen LogP contribution in [0, 0.1) is 10.1 Å². The van der Waals surface area contributed by atoms with Crippen LogP contribution in [0.25, 0.3) is 22.3 Å². The fourth-order valence-electron chi connectivity index (χ4n) is 3.70. The van der Waals surface area contributed by atoms with Gasteiger partial charge in [0.25, 0.3) is 11.6 Å². The number of anilines is 3. The van der Waals surface area contributed by atoms with Crippen LogP contribution in [-0.4, -0.2) is 32.9 Å². The van der Waals surface area contributed by atoms with Gasteiger partial charge in [-0.1, -0.05) is 6.07 Å². The predicted octanol–water partition coefficient (Wildman–Crippen LogP) is 5.60. The molecular formula is C27H20N6O4. The largest absolute Gasteiger partial charge is 0.497 e. The first-order chi connectivity index (χ1) is 18.0. The molecule has 5 rings (SSSR count). The molecular weight excluding hydrogens is 472 g/mol. The molecule has 37 heavy (non-hydrogen) atoms. The first kappa shape index (κ1) is 23.4. The Bertz CT molecular complexity index is 1610. The van der Waals surface area contributed by atoms with Crippen LogP contribution in [-0.2, 0) is 0 Å². The van der Waals surface area contributed by atoms with Gasteiger partial charge in [0.2, 0.25) is 0 Å². The summed E-state index contributed by atoms with van der Waals surface area (Å²) in [5.74, 6) is 1.27. The summed E-state index contributed by atoms with van der Waals surface area (Å²) in [4.78, 5) is 36.9. The van der Waals surface area contributed by atoms with Crippen LogP contribution in [0.15, 0.2) is 91.3 Å². The number of amides is 1. The lowest BCUT2D eigenvalue weighted by Gasteiger charge is -2.13. The van der Waals surface area contributed by atoms with Crippen molar-refractivity contribution in [3.63, 3.8) is 0 Å². The van der Waals surface area contributed by atoms with E-state index in [1.54, 1.807) is 37.7 Å². The molecule has 0 aliphatic carbocycles. The summed E-state index contributed by atoms with van der Waals surface area (Å²) in [6.45, 7) is 0. The van der Waals surface area contributed by atoms with Gasteiger partial charge in [0, 0.05) is 52.4 Å². The van der Waals surface area contributed by atoms with E-state index in [2.05, 4.69) is 20.6 Å². The number of carbonyl (C=O) groups excluding carboxylic acids is 1. The number of nitrogens with one attached hydrogen (secondary N) is 2. The molecule has 2 N–H and O–H groups in total. The third-order valence-corrected chi connectivity index (χ3v) is 5.55. The monoisotopic (exact) mass is 492 g/mol. The maximum atomic E-state index is 12.8. The van der Waals surface area contributed by atoms with Gasteiger partial charge >= 0.3 is 0 Å². The number of aromatic nitrogens is 3. The maximum Gasteiger partial charge on any atom is 0.270 e. The lowest BCUT2D eigenvalue weighted by molar-refractivity contribution is -0.384. The summed E-state index contributed by atoms with van der Waals surface area (Å²) >= 11 is 0. The number of pyridine rings is 1. The molecule has 10 heteroatoms. The van der Waals surface area contributed by atoms with Crippen molar-refractivity contribution in [3.8, 4) is 17.1 Å². The Kier molecular flexibility index (Phi) is 6.37. The molecule has 2 aromatic heterocycles. The van der Waals surface area contributed by atoms with Crippen molar-refractivity contribution in [2.24, 2.45) is 0 Å². The van der Waals surface area contributed by atoms with E-state index in [1.165, 1.54) is 24.3 Å². The molecule has 5 aromatic rings. The molecule has 3 aromatic carbocycles. The summed E-state index contributed by atoms with van der Waals surface area (Å²) in [6.07, 6.45) is 3.36. The topological polar surface area (TPSA) is 132 Å². The molecule has 0 fully saturated rings. The number of fused-ring (bicyclic) bond motifs is 1. The third kappa shape index (κ3) is 5.17. The number of carbonyl (C=O) groups is 1. The average molecular weight is 492 g/mol. The van der Waals surface area contributed by atoms with Gasteiger partial charge in [-0.15, -0.1) is 0 Å². The Hall–Kier alpha value is -5.38. The van der Waals surface area contributed by atoms with Crippen LogP contribution < -0.4 is 15.4 Å². The number of methoxy groups -OCH3 is 1. The van der Waals surface area contributed by atoms with E-state index in [-0.39, 0.29) is 11.3 Å². The minimum absolute atomic E-state index is 0.159. The highest BCUT2D eigenvalue weighted by Crippen LogP contribution is 2.30. The van der Waals surface area contributed by atoms with Crippen LogP contribution in [0.3, 0.4) is 0 Å². The van der Waals surface area contributed by atoms with Gasteiger partial charge in [0.05, 0.1) is 17.5 Å². The van der Waals surface area contributed by atoms with E-state index >= 15 is 0 Å². The van der Waals surface area contributed by atoms with Crippen LogP contribution in [0.1, 0.15) is 10.4 Å². The molecule has 0 radical (unpaired) electrons. The zero-order chi connectivity index (χ0) is 25.8. The fourth-order valence-corrected chi connectivity index (χ4v) is 3.70. The lowest BCUT2D eigenvalue weighted by Crippen LogP contribution is -2.12. The number of benzene rings is 3. The number of non-ortho nitro benzene ring substituents is 1. The molecule has 10 nitrogen and oxygen atoms in total. The average Bonchev–Trinajstić information content (AvgIpc) is 2.94. The van der Waals surface area contributed by atoms with Gasteiger partial charge in [-0.2, -0.15) is 0 Å². The molecule has 0 unspecified atom stereocenters. The minimum Gasteiger partial charge on any atom is -0.497 e. The number of ether oxygens (including phenoxy) is 1. The Labute approximate surface area is 211 Å². The van der Waals surface area contributed by atoms with Crippen molar-refractivity contribution in [2.75, 3.05) is 17.7 Å². The number of hydrogen-bond acceptors (Lipinski definition) is 8. The van der Waals surface area contributed by atoms with Crippen molar-refractivity contribution in [1.29, 1.82) is 0 Å². The number of nitrogens with zero attached hydrogens (tertiary/aromatic N) is 4. The molecule has 0 aliphatic heterocycles. The van der Waals surface area contributed by atoms with Gasteiger partial charge in [0.15, 0.2) is 5.82 Å². The fraction of sp³-hybridized carbons (Fsp3) is 0.0370. The van der Waals surface area contributed by atoms with E-state index in [1.807, 2.05) is 36.4 Å². The molecule has 2 heterocycles. The van der Waals surface area contributed by atoms with Crippen molar-refractivity contribution in [3.05, 3.63) is 107 Å². The maximum absolute atomic E-state index is 12.8. The Balaban J connectivity index is 1.53. The molecule has 0 aliphatic rings. The summed E-state index contributed by atoms with van der Waals surface area (Å²) in [7, 11) is 1.60. The highest BCUT2D eigenvalue weighted by Gasteiger charge is 2.14. The lowest BCUT2D eigenvalue weighted by atomic mass is 10.1. The first-order valence-corrected chi connectivity index (χ1v) is 11.2. The van der Waals surface area contributed by atoms with Gasteiger partial charge in [0.1, 0.15) is 11.6 Å². The zero-order valence-corrected chi connectivity index (χ0v) is 19.6. The normalized spacial score (nSPS) is 10.6.